The summed E-state index contributed by atoms with van der Waals surface area (Å²) < 4.78 is 10.7. The number of ether oxygens (including phenoxy) is 2. The zero-order valence-corrected chi connectivity index (χ0v) is 11.9. The summed E-state index contributed by atoms with van der Waals surface area (Å²) in [5.41, 5.74) is 7.25. The maximum atomic E-state index is 6.18. The fourth-order valence-electron chi connectivity index (χ4n) is 1.89. The first-order valence-electron chi connectivity index (χ1n) is 6.41. The van der Waals surface area contributed by atoms with Crippen LogP contribution in [-0.2, 0) is 11.2 Å². The molecule has 0 heterocycles. The molecule has 0 spiro atoms. The third-order valence-corrected chi connectivity index (χ3v) is 3.34. The van der Waals surface area contributed by atoms with Gasteiger partial charge in [-0.1, -0.05) is 18.2 Å². The van der Waals surface area contributed by atoms with Gasteiger partial charge in [0, 0.05) is 13.2 Å². The lowest BCUT2D eigenvalue weighted by Gasteiger charge is -2.24. The molecule has 102 valence electrons. The van der Waals surface area contributed by atoms with Crippen molar-refractivity contribution in [2.75, 3.05) is 14.2 Å². The van der Waals surface area contributed by atoms with Gasteiger partial charge in [0.25, 0.3) is 0 Å². The molecule has 1 rings (SSSR count). The molecule has 1 unspecified atom stereocenters. The normalized spacial score (nSPS) is 13.4. The van der Waals surface area contributed by atoms with Crippen molar-refractivity contribution >= 4 is 0 Å². The number of methoxy groups -OCH3 is 2. The minimum Gasteiger partial charge on any atom is -0.496 e. The minimum atomic E-state index is -0.0988. The number of nitrogens with two attached hydrogens (primary N) is 1. The van der Waals surface area contributed by atoms with Crippen LogP contribution < -0.4 is 10.5 Å². The predicted molar refractivity (Wildman–Crippen MR) is 75.0 cm³/mol. The monoisotopic (exact) mass is 251 g/mol. The Bertz CT molecular complexity index is 363. The van der Waals surface area contributed by atoms with Crippen LogP contribution in [0.3, 0.4) is 0 Å². The number of hydrogen-bond donors (Lipinski definition) is 1. The van der Waals surface area contributed by atoms with Gasteiger partial charge in [0.15, 0.2) is 0 Å². The van der Waals surface area contributed by atoms with Crippen LogP contribution in [0.4, 0.5) is 0 Å². The van der Waals surface area contributed by atoms with Crippen LogP contribution in [0.1, 0.15) is 32.3 Å². The van der Waals surface area contributed by atoms with Gasteiger partial charge in [-0.15, -0.1) is 0 Å². The van der Waals surface area contributed by atoms with Gasteiger partial charge in [-0.05, 0) is 44.7 Å². The van der Waals surface area contributed by atoms with E-state index in [0.717, 1.165) is 25.0 Å². The summed E-state index contributed by atoms with van der Waals surface area (Å²) >= 11 is 0. The van der Waals surface area contributed by atoms with E-state index in [0.29, 0.717) is 0 Å². The van der Waals surface area contributed by atoms with Crippen LogP contribution in [0, 0.1) is 0 Å². The van der Waals surface area contributed by atoms with Crippen molar-refractivity contribution in [3.63, 3.8) is 0 Å². The van der Waals surface area contributed by atoms with E-state index in [1.165, 1.54) is 5.56 Å². The lowest BCUT2D eigenvalue weighted by molar-refractivity contribution is 0.0125. The molecule has 0 saturated carbocycles. The van der Waals surface area contributed by atoms with Crippen molar-refractivity contribution in [3.05, 3.63) is 29.8 Å². The quantitative estimate of drug-likeness (QED) is 0.810. The molecule has 2 N–H and O–H groups in total. The third kappa shape index (κ3) is 4.67. The van der Waals surface area contributed by atoms with Crippen LogP contribution in [0.2, 0.25) is 0 Å². The summed E-state index contributed by atoms with van der Waals surface area (Å²) in [6.45, 7) is 4.17. The summed E-state index contributed by atoms with van der Waals surface area (Å²) in [7, 11) is 3.43. The standard InChI is InChI=1S/C15H25NO2/c1-15(2,18-4)10-9-13(16)11-12-7-5-6-8-14(12)17-3/h5-8,13H,9-11,16H2,1-4H3. The summed E-state index contributed by atoms with van der Waals surface area (Å²) in [5.74, 6) is 0.916. The second-order valence-electron chi connectivity index (χ2n) is 5.28. The van der Waals surface area contributed by atoms with Gasteiger partial charge < -0.3 is 15.2 Å². The molecule has 0 bridgehead atoms. The van der Waals surface area contributed by atoms with Crippen molar-refractivity contribution in [1.29, 1.82) is 0 Å². The Morgan fingerprint density at radius 3 is 2.50 bits per heavy atom. The van der Waals surface area contributed by atoms with E-state index in [4.69, 9.17) is 15.2 Å². The topological polar surface area (TPSA) is 44.5 Å². The van der Waals surface area contributed by atoms with Crippen molar-refractivity contribution in [2.24, 2.45) is 5.73 Å². The van der Waals surface area contributed by atoms with E-state index in [1.54, 1.807) is 14.2 Å². The first-order chi connectivity index (χ1) is 8.48. The summed E-state index contributed by atoms with van der Waals surface area (Å²) in [6, 6.07) is 8.17. The molecule has 0 aliphatic rings. The molecule has 1 aromatic rings. The third-order valence-electron chi connectivity index (χ3n) is 3.34. The van der Waals surface area contributed by atoms with E-state index in [-0.39, 0.29) is 11.6 Å². The molecule has 1 aromatic carbocycles. The lowest BCUT2D eigenvalue weighted by Crippen LogP contribution is -2.29. The number of rotatable bonds is 7. The van der Waals surface area contributed by atoms with E-state index >= 15 is 0 Å². The molecule has 1 atom stereocenters. The Morgan fingerprint density at radius 1 is 1.22 bits per heavy atom. The van der Waals surface area contributed by atoms with Crippen molar-refractivity contribution in [2.45, 2.75) is 44.8 Å². The molecule has 0 aromatic heterocycles. The fraction of sp³-hybridized carbons (Fsp3) is 0.600. The Labute approximate surface area is 110 Å². The molecule has 0 amide bonds. The molecule has 3 nitrogen and oxygen atoms in total. The second-order valence-corrected chi connectivity index (χ2v) is 5.28. The van der Waals surface area contributed by atoms with Crippen molar-refractivity contribution in [1.82, 2.24) is 0 Å². The predicted octanol–water partition coefficient (Wildman–Crippen LogP) is 2.77. The van der Waals surface area contributed by atoms with Gasteiger partial charge in [0.05, 0.1) is 12.7 Å². The average molecular weight is 251 g/mol. The van der Waals surface area contributed by atoms with Gasteiger partial charge in [-0.25, -0.2) is 0 Å². The van der Waals surface area contributed by atoms with E-state index < -0.39 is 0 Å². The first-order valence-corrected chi connectivity index (χ1v) is 6.41. The molecule has 3 heteroatoms. The molecule has 0 aliphatic carbocycles. The highest BCUT2D eigenvalue weighted by Gasteiger charge is 2.18. The highest BCUT2D eigenvalue weighted by molar-refractivity contribution is 5.33. The minimum absolute atomic E-state index is 0.0988. The second kappa shape index (κ2) is 6.76. The smallest absolute Gasteiger partial charge is 0.122 e. The molecular weight excluding hydrogens is 226 g/mol. The first kappa shape index (κ1) is 15.0. The van der Waals surface area contributed by atoms with Crippen LogP contribution >= 0.6 is 0 Å². The summed E-state index contributed by atoms with van der Waals surface area (Å²) in [4.78, 5) is 0. The maximum Gasteiger partial charge on any atom is 0.122 e. The van der Waals surface area contributed by atoms with Gasteiger partial charge in [-0.3, -0.25) is 0 Å². The Kier molecular flexibility index (Phi) is 5.63. The van der Waals surface area contributed by atoms with Gasteiger partial charge in [0.2, 0.25) is 0 Å². The van der Waals surface area contributed by atoms with E-state index in [9.17, 15) is 0 Å². The lowest BCUT2D eigenvalue weighted by atomic mass is 9.95. The van der Waals surface area contributed by atoms with Gasteiger partial charge in [-0.2, -0.15) is 0 Å². The van der Waals surface area contributed by atoms with Gasteiger partial charge in [0.1, 0.15) is 5.75 Å². The zero-order chi connectivity index (χ0) is 13.6. The van der Waals surface area contributed by atoms with E-state index in [2.05, 4.69) is 19.9 Å². The van der Waals surface area contributed by atoms with Crippen molar-refractivity contribution < 1.29 is 9.47 Å². The zero-order valence-electron chi connectivity index (χ0n) is 11.9. The van der Waals surface area contributed by atoms with Crippen LogP contribution in [0.25, 0.3) is 0 Å². The SMILES string of the molecule is COc1ccccc1CC(N)CCC(C)(C)OC. The molecule has 0 fully saturated rings. The number of hydrogen-bond acceptors (Lipinski definition) is 3. The largest absolute Gasteiger partial charge is 0.496 e. The molecule has 0 radical (unpaired) electrons. The average Bonchev–Trinajstić information content (AvgIpc) is 2.37. The fourth-order valence-corrected chi connectivity index (χ4v) is 1.89. The number of para-hydroxylation sites is 1. The Balaban J connectivity index is 2.52. The number of benzene rings is 1. The Hall–Kier alpha value is -1.06. The molecule has 18 heavy (non-hydrogen) atoms. The molecular formula is C15H25NO2. The van der Waals surface area contributed by atoms with Crippen molar-refractivity contribution in [3.8, 4) is 5.75 Å². The molecule has 0 saturated heterocycles. The van der Waals surface area contributed by atoms with E-state index in [1.807, 2.05) is 18.2 Å². The van der Waals surface area contributed by atoms with Crippen LogP contribution in [0.15, 0.2) is 24.3 Å². The van der Waals surface area contributed by atoms with Crippen LogP contribution in [0.5, 0.6) is 5.75 Å². The van der Waals surface area contributed by atoms with Gasteiger partial charge >= 0.3 is 0 Å². The highest BCUT2D eigenvalue weighted by atomic mass is 16.5. The maximum absolute atomic E-state index is 6.18. The Morgan fingerprint density at radius 2 is 1.89 bits per heavy atom. The summed E-state index contributed by atoms with van der Waals surface area (Å²) in [6.07, 6.45) is 2.74. The molecule has 0 aliphatic heterocycles. The summed E-state index contributed by atoms with van der Waals surface area (Å²) in [5, 5.41) is 0. The highest BCUT2D eigenvalue weighted by Crippen LogP contribution is 2.21. The van der Waals surface area contributed by atoms with Crippen LogP contribution in [-0.4, -0.2) is 25.9 Å².